The molecular formula is C20H17F7N2O3. The van der Waals surface area contributed by atoms with Crippen molar-refractivity contribution < 1.29 is 45.4 Å². The van der Waals surface area contributed by atoms with E-state index in [0.717, 1.165) is 24.4 Å². The first kappa shape index (κ1) is 23.8. The number of benzene rings is 1. The first-order valence-corrected chi connectivity index (χ1v) is 9.41. The maximum atomic E-state index is 14.1. The molecule has 5 nitrogen and oxygen atoms in total. The van der Waals surface area contributed by atoms with Crippen molar-refractivity contribution in [3.05, 3.63) is 47.7 Å². The quantitative estimate of drug-likeness (QED) is 0.651. The van der Waals surface area contributed by atoms with Crippen molar-refractivity contribution in [2.45, 2.75) is 50.1 Å². The summed E-state index contributed by atoms with van der Waals surface area (Å²) in [5.41, 5.74) is -1.41. The molecule has 0 saturated heterocycles. The maximum Gasteiger partial charge on any atom is 0.573 e. The Morgan fingerprint density at radius 3 is 2.47 bits per heavy atom. The van der Waals surface area contributed by atoms with Gasteiger partial charge in [-0.1, -0.05) is 0 Å². The molecule has 1 heterocycles. The molecule has 1 aliphatic carbocycles. The van der Waals surface area contributed by atoms with Crippen LogP contribution in [0.1, 0.15) is 24.8 Å². The third-order valence-electron chi connectivity index (χ3n) is 4.86. The summed E-state index contributed by atoms with van der Waals surface area (Å²) in [7, 11) is 0. The summed E-state index contributed by atoms with van der Waals surface area (Å²) in [4.78, 5) is 16.0. The standard InChI is InChI=1S/C20H17F7N2O3/c21-12-6-11(7-13(22)9-12)16-17(32-20(25,26)27)10(3-5-28-16)8-15(31)29-18-14(30)2-1-4-19(18,23)24/h3,5-7,9,14,18,30H,1-2,4,8H2,(H,29,31)/t14-,18+/m0/s1. The fraction of sp³-hybridized carbons (Fsp3) is 0.400. The monoisotopic (exact) mass is 466 g/mol. The van der Waals surface area contributed by atoms with Gasteiger partial charge < -0.3 is 15.2 Å². The molecule has 1 saturated carbocycles. The second-order valence-electron chi connectivity index (χ2n) is 7.30. The summed E-state index contributed by atoms with van der Waals surface area (Å²) in [6, 6.07) is 1.01. The summed E-state index contributed by atoms with van der Waals surface area (Å²) < 4.78 is 98.2. The maximum absolute atomic E-state index is 14.1. The van der Waals surface area contributed by atoms with Crippen LogP contribution < -0.4 is 10.1 Å². The Balaban J connectivity index is 1.94. The van der Waals surface area contributed by atoms with Crippen LogP contribution in [0.25, 0.3) is 11.3 Å². The Bertz CT molecular complexity index is 977. The molecule has 1 aliphatic rings. The lowest BCUT2D eigenvalue weighted by Crippen LogP contribution is -2.57. The molecular weight excluding hydrogens is 449 g/mol. The summed E-state index contributed by atoms with van der Waals surface area (Å²) in [5.74, 6) is -7.68. The number of hydrogen-bond acceptors (Lipinski definition) is 4. The van der Waals surface area contributed by atoms with Crippen molar-refractivity contribution >= 4 is 5.91 Å². The molecule has 3 rings (SSSR count). The number of alkyl halides is 5. The van der Waals surface area contributed by atoms with E-state index < -0.39 is 77.4 Å². The molecule has 1 fully saturated rings. The topological polar surface area (TPSA) is 71.5 Å². The molecule has 174 valence electrons. The molecule has 1 amide bonds. The van der Waals surface area contributed by atoms with Gasteiger partial charge in [0.05, 0.1) is 12.5 Å². The fourth-order valence-corrected chi connectivity index (χ4v) is 3.50. The number of halogens is 7. The normalized spacial score (nSPS) is 20.6. The minimum Gasteiger partial charge on any atom is -0.403 e. The van der Waals surface area contributed by atoms with Crippen LogP contribution in [-0.2, 0) is 11.2 Å². The molecule has 0 spiro atoms. The second kappa shape index (κ2) is 8.93. The van der Waals surface area contributed by atoms with Gasteiger partial charge >= 0.3 is 6.36 Å². The van der Waals surface area contributed by atoms with Gasteiger partial charge in [-0.25, -0.2) is 17.6 Å². The number of carbonyl (C=O) groups excluding carboxylic acids is 1. The predicted molar refractivity (Wildman–Crippen MR) is 96.7 cm³/mol. The molecule has 0 radical (unpaired) electrons. The highest BCUT2D eigenvalue weighted by atomic mass is 19.4. The molecule has 1 aromatic carbocycles. The van der Waals surface area contributed by atoms with Gasteiger partial charge in [0.25, 0.3) is 5.92 Å². The molecule has 0 aliphatic heterocycles. The highest BCUT2D eigenvalue weighted by Crippen LogP contribution is 2.37. The van der Waals surface area contributed by atoms with Crippen LogP contribution in [0, 0.1) is 11.6 Å². The summed E-state index contributed by atoms with van der Waals surface area (Å²) in [6.07, 6.45) is -7.15. The van der Waals surface area contributed by atoms with Crippen molar-refractivity contribution in [1.29, 1.82) is 0 Å². The van der Waals surface area contributed by atoms with Gasteiger partial charge in [-0.05, 0) is 31.0 Å². The zero-order valence-electron chi connectivity index (χ0n) is 16.2. The van der Waals surface area contributed by atoms with E-state index in [1.807, 2.05) is 5.32 Å². The molecule has 1 aromatic heterocycles. The summed E-state index contributed by atoms with van der Waals surface area (Å²) >= 11 is 0. The van der Waals surface area contributed by atoms with Crippen molar-refractivity contribution in [2.75, 3.05) is 0 Å². The minimum absolute atomic E-state index is 0.0213. The number of carbonyl (C=O) groups is 1. The van der Waals surface area contributed by atoms with E-state index in [9.17, 15) is 40.6 Å². The zero-order valence-corrected chi connectivity index (χ0v) is 16.2. The Labute approximate surface area is 177 Å². The van der Waals surface area contributed by atoms with E-state index in [4.69, 9.17) is 0 Å². The highest BCUT2D eigenvalue weighted by molar-refractivity contribution is 5.81. The Morgan fingerprint density at radius 1 is 1.22 bits per heavy atom. The number of ether oxygens (including phenoxy) is 1. The van der Waals surface area contributed by atoms with E-state index in [1.165, 1.54) is 0 Å². The van der Waals surface area contributed by atoms with E-state index in [-0.39, 0.29) is 12.8 Å². The van der Waals surface area contributed by atoms with Gasteiger partial charge in [0.1, 0.15) is 23.4 Å². The van der Waals surface area contributed by atoms with Crippen molar-refractivity contribution in [3.63, 3.8) is 0 Å². The number of nitrogens with one attached hydrogen (secondary N) is 1. The lowest BCUT2D eigenvalue weighted by Gasteiger charge is -2.35. The van der Waals surface area contributed by atoms with Crippen LogP contribution in [0.4, 0.5) is 30.7 Å². The van der Waals surface area contributed by atoms with E-state index in [2.05, 4.69) is 9.72 Å². The third kappa shape index (κ3) is 5.67. The number of aliphatic hydroxyl groups excluding tert-OH is 1. The first-order valence-electron chi connectivity index (χ1n) is 9.41. The van der Waals surface area contributed by atoms with Gasteiger partial charge in [-0.3, -0.25) is 9.78 Å². The van der Waals surface area contributed by atoms with Crippen LogP contribution in [0.2, 0.25) is 0 Å². The molecule has 32 heavy (non-hydrogen) atoms. The second-order valence-corrected chi connectivity index (χ2v) is 7.30. The van der Waals surface area contributed by atoms with E-state index in [0.29, 0.717) is 6.07 Å². The van der Waals surface area contributed by atoms with Gasteiger partial charge in [0, 0.05) is 29.8 Å². The van der Waals surface area contributed by atoms with Crippen molar-refractivity contribution in [2.24, 2.45) is 0 Å². The molecule has 0 unspecified atom stereocenters. The van der Waals surface area contributed by atoms with Crippen LogP contribution in [0.3, 0.4) is 0 Å². The molecule has 2 N–H and O–H groups in total. The number of amides is 1. The average molecular weight is 466 g/mol. The Morgan fingerprint density at radius 2 is 1.88 bits per heavy atom. The van der Waals surface area contributed by atoms with Gasteiger partial charge in [-0.2, -0.15) is 0 Å². The highest BCUT2D eigenvalue weighted by Gasteiger charge is 2.47. The number of pyridine rings is 1. The number of aromatic nitrogens is 1. The number of aliphatic hydroxyl groups is 1. The van der Waals surface area contributed by atoms with Crippen LogP contribution in [0.5, 0.6) is 5.75 Å². The number of rotatable bonds is 5. The summed E-state index contributed by atoms with van der Waals surface area (Å²) in [6.45, 7) is 0. The number of hydrogen-bond donors (Lipinski definition) is 2. The van der Waals surface area contributed by atoms with Crippen LogP contribution in [0.15, 0.2) is 30.5 Å². The smallest absolute Gasteiger partial charge is 0.403 e. The van der Waals surface area contributed by atoms with Crippen LogP contribution >= 0.6 is 0 Å². The SMILES string of the molecule is O=C(Cc1ccnc(-c2cc(F)cc(F)c2)c1OC(F)(F)F)N[C@@H]1[C@@H](O)CCCC1(F)F. The minimum atomic E-state index is -5.25. The Kier molecular flexibility index (Phi) is 6.63. The van der Waals surface area contributed by atoms with Crippen molar-refractivity contribution in [1.82, 2.24) is 10.3 Å². The lowest BCUT2D eigenvalue weighted by atomic mass is 9.88. The van der Waals surface area contributed by atoms with Gasteiger partial charge in [0.15, 0.2) is 5.75 Å². The van der Waals surface area contributed by atoms with E-state index in [1.54, 1.807) is 0 Å². The van der Waals surface area contributed by atoms with Crippen LogP contribution in [-0.4, -0.2) is 40.4 Å². The molecule has 0 bridgehead atoms. The largest absolute Gasteiger partial charge is 0.573 e. The first-order chi connectivity index (χ1) is 14.9. The third-order valence-corrected chi connectivity index (χ3v) is 4.86. The summed E-state index contributed by atoms with van der Waals surface area (Å²) in [5, 5.41) is 11.8. The molecule has 12 heteroatoms. The molecule has 2 aromatic rings. The Hall–Kier alpha value is -2.89. The van der Waals surface area contributed by atoms with E-state index >= 15 is 0 Å². The zero-order chi connectivity index (χ0) is 23.7. The number of nitrogens with zero attached hydrogens (tertiary/aromatic N) is 1. The fourth-order valence-electron chi connectivity index (χ4n) is 3.50. The van der Waals surface area contributed by atoms with Gasteiger partial charge in [-0.15, -0.1) is 13.2 Å². The molecule has 2 atom stereocenters. The lowest BCUT2D eigenvalue weighted by molar-refractivity contribution is -0.274. The predicted octanol–water partition coefficient (Wildman–Crippen LogP) is 4.13. The van der Waals surface area contributed by atoms with Crippen molar-refractivity contribution in [3.8, 4) is 17.0 Å². The van der Waals surface area contributed by atoms with Gasteiger partial charge in [0.2, 0.25) is 5.91 Å². The average Bonchev–Trinajstić information content (AvgIpc) is 2.64.